The van der Waals surface area contributed by atoms with Crippen molar-refractivity contribution in [3.8, 4) is 0 Å². The summed E-state index contributed by atoms with van der Waals surface area (Å²) in [6.45, 7) is 2.12. The molecule has 1 heterocycles. The number of nitrogens with zero attached hydrogens (tertiary/aromatic N) is 1. The Morgan fingerprint density at radius 1 is 1.64 bits per heavy atom. The molecule has 0 bridgehead atoms. The van der Waals surface area contributed by atoms with Crippen LogP contribution in [0.15, 0.2) is 18.5 Å². The predicted octanol–water partition coefficient (Wildman–Crippen LogP) is 1.14. The van der Waals surface area contributed by atoms with E-state index >= 15 is 0 Å². The number of aromatic nitrogens is 1. The highest BCUT2D eigenvalue weighted by Crippen LogP contribution is 2.38. The highest BCUT2D eigenvalue weighted by atomic mass is 16.1. The normalized spacial score (nSPS) is 17.5. The Morgan fingerprint density at radius 2 is 2.36 bits per heavy atom. The average Bonchev–Trinajstić information content (AvgIpc) is 2.84. The van der Waals surface area contributed by atoms with E-state index < -0.39 is 5.91 Å². The van der Waals surface area contributed by atoms with Crippen molar-refractivity contribution in [2.24, 2.45) is 5.73 Å². The molecule has 14 heavy (non-hydrogen) atoms. The molecule has 1 fully saturated rings. The van der Waals surface area contributed by atoms with Crippen LogP contribution in [-0.4, -0.2) is 16.4 Å². The molecule has 1 aliphatic carbocycles. The molecule has 0 aromatic carbocycles. The van der Waals surface area contributed by atoms with Gasteiger partial charge in [0.1, 0.15) is 0 Å². The first kappa shape index (κ1) is 8.99. The van der Waals surface area contributed by atoms with Gasteiger partial charge in [-0.1, -0.05) is 0 Å². The maximum absolute atomic E-state index is 11.1. The molecule has 74 valence electrons. The standard InChI is InChI=1S/C10H13N3O/c1-10(3-4-10)13-8-2-5-12-6-7(8)9(11)14/h2,5-6H,3-4H2,1H3,(H2,11,14)(H,12,13). The Labute approximate surface area is 82.5 Å². The number of carbonyl (C=O) groups is 1. The molecule has 0 atom stereocenters. The van der Waals surface area contributed by atoms with E-state index in [4.69, 9.17) is 5.73 Å². The van der Waals surface area contributed by atoms with Gasteiger partial charge in [0.2, 0.25) is 0 Å². The van der Waals surface area contributed by atoms with Gasteiger partial charge in [-0.3, -0.25) is 9.78 Å². The second kappa shape index (κ2) is 2.97. The number of nitrogens with two attached hydrogens (primary N) is 1. The van der Waals surface area contributed by atoms with Crippen LogP contribution in [0.5, 0.6) is 0 Å². The van der Waals surface area contributed by atoms with Gasteiger partial charge in [-0.05, 0) is 25.8 Å². The van der Waals surface area contributed by atoms with Crippen molar-refractivity contribution in [2.75, 3.05) is 5.32 Å². The van der Waals surface area contributed by atoms with Gasteiger partial charge in [0.25, 0.3) is 5.91 Å². The third-order valence-corrected chi connectivity index (χ3v) is 2.52. The van der Waals surface area contributed by atoms with Crippen molar-refractivity contribution in [2.45, 2.75) is 25.3 Å². The first-order valence-corrected chi connectivity index (χ1v) is 4.63. The fourth-order valence-electron chi connectivity index (χ4n) is 1.34. The third kappa shape index (κ3) is 1.69. The summed E-state index contributed by atoms with van der Waals surface area (Å²) >= 11 is 0. The van der Waals surface area contributed by atoms with Crippen LogP contribution >= 0.6 is 0 Å². The van der Waals surface area contributed by atoms with Gasteiger partial charge in [-0.2, -0.15) is 0 Å². The minimum absolute atomic E-state index is 0.144. The van der Waals surface area contributed by atoms with Crippen LogP contribution in [0.3, 0.4) is 0 Å². The summed E-state index contributed by atoms with van der Waals surface area (Å²) < 4.78 is 0. The second-order valence-electron chi connectivity index (χ2n) is 3.97. The quantitative estimate of drug-likeness (QED) is 0.752. The van der Waals surface area contributed by atoms with E-state index in [0.29, 0.717) is 5.56 Å². The molecule has 0 unspecified atom stereocenters. The maximum atomic E-state index is 11.1. The number of primary amides is 1. The molecule has 1 aromatic rings. The topological polar surface area (TPSA) is 68.0 Å². The van der Waals surface area contributed by atoms with E-state index in [1.807, 2.05) is 0 Å². The number of anilines is 1. The minimum atomic E-state index is -0.440. The van der Waals surface area contributed by atoms with Crippen LogP contribution in [0, 0.1) is 0 Å². The Morgan fingerprint density at radius 3 is 2.93 bits per heavy atom. The number of hydrogen-bond acceptors (Lipinski definition) is 3. The Balaban J connectivity index is 2.27. The Bertz CT molecular complexity index is 371. The fourth-order valence-corrected chi connectivity index (χ4v) is 1.34. The van der Waals surface area contributed by atoms with Crippen molar-refractivity contribution >= 4 is 11.6 Å². The molecule has 1 aliphatic rings. The molecule has 3 N–H and O–H groups in total. The van der Waals surface area contributed by atoms with Crippen LogP contribution in [0.25, 0.3) is 0 Å². The zero-order valence-corrected chi connectivity index (χ0v) is 8.08. The lowest BCUT2D eigenvalue weighted by atomic mass is 10.2. The number of carbonyl (C=O) groups excluding carboxylic acids is 1. The predicted molar refractivity (Wildman–Crippen MR) is 54.0 cm³/mol. The summed E-state index contributed by atoms with van der Waals surface area (Å²) in [4.78, 5) is 14.9. The number of pyridine rings is 1. The van der Waals surface area contributed by atoms with E-state index in [0.717, 1.165) is 18.5 Å². The van der Waals surface area contributed by atoms with Gasteiger partial charge in [0.05, 0.1) is 11.3 Å². The number of hydrogen-bond donors (Lipinski definition) is 2. The Hall–Kier alpha value is -1.58. The van der Waals surface area contributed by atoms with Gasteiger partial charge < -0.3 is 11.1 Å². The lowest BCUT2D eigenvalue weighted by Gasteiger charge is -2.14. The summed E-state index contributed by atoms with van der Waals surface area (Å²) in [5.74, 6) is -0.440. The molecular weight excluding hydrogens is 178 g/mol. The number of rotatable bonds is 3. The Kier molecular flexibility index (Phi) is 1.91. The van der Waals surface area contributed by atoms with E-state index in [1.165, 1.54) is 6.20 Å². The summed E-state index contributed by atoms with van der Waals surface area (Å²) in [5.41, 5.74) is 6.62. The van der Waals surface area contributed by atoms with Gasteiger partial charge in [0, 0.05) is 17.9 Å². The minimum Gasteiger partial charge on any atom is -0.379 e. The number of amides is 1. The lowest BCUT2D eigenvalue weighted by molar-refractivity contribution is 0.100. The van der Waals surface area contributed by atoms with Crippen molar-refractivity contribution in [1.82, 2.24) is 4.98 Å². The van der Waals surface area contributed by atoms with Crippen LogP contribution in [0.2, 0.25) is 0 Å². The van der Waals surface area contributed by atoms with E-state index in [1.54, 1.807) is 12.3 Å². The monoisotopic (exact) mass is 191 g/mol. The summed E-state index contributed by atoms with van der Waals surface area (Å²) in [6.07, 6.45) is 5.41. The van der Waals surface area contributed by atoms with E-state index in [-0.39, 0.29) is 5.54 Å². The molecule has 1 amide bonds. The van der Waals surface area contributed by atoms with Crippen molar-refractivity contribution in [3.63, 3.8) is 0 Å². The van der Waals surface area contributed by atoms with E-state index in [2.05, 4.69) is 17.2 Å². The zero-order chi connectivity index (χ0) is 10.2. The smallest absolute Gasteiger partial charge is 0.252 e. The average molecular weight is 191 g/mol. The lowest BCUT2D eigenvalue weighted by Crippen LogP contribution is -2.20. The maximum Gasteiger partial charge on any atom is 0.252 e. The summed E-state index contributed by atoms with van der Waals surface area (Å²) in [5, 5.41) is 3.30. The SMILES string of the molecule is CC1(Nc2ccncc2C(N)=O)CC1. The first-order valence-electron chi connectivity index (χ1n) is 4.63. The fraction of sp³-hybridized carbons (Fsp3) is 0.400. The number of nitrogens with one attached hydrogen (secondary N) is 1. The van der Waals surface area contributed by atoms with Crippen molar-refractivity contribution < 1.29 is 4.79 Å². The largest absolute Gasteiger partial charge is 0.379 e. The molecule has 1 saturated carbocycles. The second-order valence-corrected chi connectivity index (χ2v) is 3.97. The van der Waals surface area contributed by atoms with E-state index in [9.17, 15) is 4.79 Å². The van der Waals surface area contributed by atoms with Gasteiger partial charge in [0.15, 0.2) is 0 Å². The molecule has 0 radical (unpaired) electrons. The van der Waals surface area contributed by atoms with Crippen molar-refractivity contribution in [3.05, 3.63) is 24.0 Å². The molecule has 0 saturated heterocycles. The molecule has 1 aromatic heterocycles. The van der Waals surface area contributed by atoms with Gasteiger partial charge in [-0.15, -0.1) is 0 Å². The van der Waals surface area contributed by atoms with Gasteiger partial charge >= 0.3 is 0 Å². The molecule has 0 aliphatic heterocycles. The molecule has 4 nitrogen and oxygen atoms in total. The summed E-state index contributed by atoms with van der Waals surface area (Å²) in [6, 6.07) is 1.78. The highest BCUT2D eigenvalue weighted by Gasteiger charge is 2.37. The molecule has 4 heteroatoms. The van der Waals surface area contributed by atoms with Crippen LogP contribution in [-0.2, 0) is 0 Å². The molecule has 2 rings (SSSR count). The third-order valence-electron chi connectivity index (χ3n) is 2.52. The summed E-state index contributed by atoms with van der Waals surface area (Å²) in [7, 11) is 0. The van der Waals surface area contributed by atoms with Crippen LogP contribution < -0.4 is 11.1 Å². The zero-order valence-electron chi connectivity index (χ0n) is 8.08. The highest BCUT2D eigenvalue weighted by molar-refractivity contribution is 5.98. The van der Waals surface area contributed by atoms with Crippen LogP contribution in [0.1, 0.15) is 30.1 Å². The van der Waals surface area contributed by atoms with Crippen molar-refractivity contribution in [1.29, 1.82) is 0 Å². The molecule has 0 spiro atoms. The first-order chi connectivity index (χ1) is 6.61. The van der Waals surface area contributed by atoms with Gasteiger partial charge in [-0.25, -0.2) is 0 Å². The van der Waals surface area contributed by atoms with Crippen LogP contribution in [0.4, 0.5) is 5.69 Å². The molecular formula is C10H13N3O.